The molecule has 0 spiro atoms. The van der Waals surface area contributed by atoms with E-state index in [0.29, 0.717) is 17.4 Å². The topological polar surface area (TPSA) is 111 Å². The van der Waals surface area contributed by atoms with Gasteiger partial charge in [-0.15, -0.1) is 0 Å². The molecule has 8 nitrogen and oxygen atoms in total. The first-order chi connectivity index (χ1) is 13.0. The van der Waals surface area contributed by atoms with Crippen LogP contribution >= 0.6 is 15.9 Å². The van der Waals surface area contributed by atoms with E-state index in [1.54, 1.807) is 6.07 Å². The molecule has 0 saturated carbocycles. The molecule has 1 aliphatic rings. The number of carboxylic acid groups (broad SMARTS) is 1. The van der Waals surface area contributed by atoms with Crippen LogP contribution < -0.4 is 16.2 Å². The van der Waals surface area contributed by atoms with E-state index >= 15 is 0 Å². The van der Waals surface area contributed by atoms with Gasteiger partial charge in [0, 0.05) is 23.5 Å². The van der Waals surface area contributed by atoms with Crippen LogP contribution in [0.2, 0.25) is 0 Å². The molecule has 2 rings (SSSR count). The lowest BCUT2D eigenvalue weighted by atomic mass is 9.78. The Balaban J connectivity index is 1.89. The summed E-state index contributed by atoms with van der Waals surface area (Å²) in [6.45, 7) is 6.17. The lowest BCUT2D eigenvalue weighted by Gasteiger charge is -2.36. The summed E-state index contributed by atoms with van der Waals surface area (Å²) in [5.41, 5.74) is 4.09. The van der Waals surface area contributed by atoms with Gasteiger partial charge in [0.2, 0.25) is 5.91 Å². The van der Waals surface area contributed by atoms with E-state index in [2.05, 4.69) is 32.1 Å². The van der Waals surface area contributed by atoms with Gasteiger partial charge in [-0.25, -0.2) is 19.4 Å². The maximum absolute atomic E-state index is 13.7. The lowest BCUT2D eigenvalue weighted by Crippen LogP contribution is -2.48. The van der Waals surface area contributed by atoms with Crippen molar-refractivity contribution < 1.29 is 23.9 Å². The van der Waals surface area contributed by atoms with Crippen LogP contribution in [0.1, 0.15) is 33.6 Å². The van der Waals surface area contributed by atoms with E-state index in [-0.39, 0.29) is 29.5 Å². The van der Waals surface area contributed by atoms with Gasteiger partial charge >= 0.3 is 12.1 Å². The second-order valence-electron chi connectivity index (χ2n) is 7.79. The van der Waals surface area contributed by atoms with Crippen molar-refractivity contribution in [2.45, 2.75) is 39.7 Å². The number of likely N-dealkylation sites (tertiary alicyclic amines) is 1. The third-order valence-electron chi connectivity index (χ3n) is 4.60. The van der Waals surface area contributed by atoms with Gasteiger partial charge in [0.15, 0.2) is 0 Å². The molecule has 154 valence electrons. The molecule has 10 heteroatoms. The molecule has 1 aromatic carbocycles. The predicted molar refractivity (Wildman–Crippen MR) is 105 cm³/mol. The number of anilines is 1. The smallest absolute Gasteiger partial charge is 0.407 e. The summed E-state index contributed by atoms with van der Waals surface area (Å²) in [7, 11) is 0. The fourth-order valence-corrected chi connectivity index (χ4v) is 3.95. The Hall–Kier alpha value is -2.36. The molecule has 0 aromatic heterocycles. The molecule has 1 saturated heterocycles. The highest BCUT2D eigenvalue weighted by molar-refractivity contribution is 9.10. The summed E-state index contributed by atoms with van der Waals surface area (Å²) < 4.78 is 14.3. The van der Waals surface area contributed by atoms with Gasteiger partial charge in [-0.1, -0.05) is 36.7 Å². The number of hydrogen-bond donors (Lipinski definition) is 4. The Morgan fingerprint density at radius 1 is 1.29 bits per heavy atom. The maximum atomic E-state index is 13.7. The number of benzene rings is 1. The predicted octanol–water partition coefficient (Wildman–Crippen LogP) is 3.55. The molecule has 4 amide bonds. The highest BCUT2D eigenvalue weighted by atomic mass is 79.9. The van der Waals surface area contributed by atoms with Crippen LogP contribution in [0.5, 0.6) is 0 Å². The van der Waals surface area contributed by atoms with Crippen molar-refractivity contribution in [1.82, 2.24) is 15.8 Å². The van der Waals surface area contributed by atoms with Crippen molar-refractivity contribution in [3.05, 3.63) is 28.5 Å². The van der Waals surface area contributed by atoms with E-state index in [0.717, 1.165) is 0 Å². The highest BCUT2D eigenvalue weighted by Crippen LogP contribution is 2.38. The third kappa shape index (κ3) is 5.57. The highest BCUT2D eigenvalue weighted by Gasteiger charge is 2.44. The molecule has 1 unspecified atom stereocenters. The van der Waals surface area contributed by atoms with Crippen LogP contribution in [0.4, 0.5) is 19.7 Å². The molecule has 2 atom stereocenters. The van der Waals surface area contributed by atoms with Crippen LogP contribution in [0.3, 0.4) is 0 Å². The molecular weight excluding hydrogens is 435 g/mol. The number of amides is 4. The van der Waals surface area contributed by atoms with Crippen molar-refractivity contribution in [2.24, 2.45) is 11.3 Å². The normalized spacial score (nSPS) is 19.2. The summed E-state index contributed by atoms with van der Waals surface area (Å²) in [5.74, 6) is -1.23. The van der Waals surface area contributed by atoms with Crippen molar-refractivity contribution in [3.63, 3.8) is 0 Å². The Morgan fingerprint density at radius 2 is 1.96 bits per heavy atom. The zero-order valence-electron chi connectivity index (χ0n) is 15.9. The number of halogens is 2. The number of rotatable bonds is 3. The molecule has 1 aromatic rings. The molecule has 1 heterocycles. The number of hydrazine groups is 1. The minimum Gasteiger partial charge on any atom is -0.465 e. The first-order valence-corrected chi connectivity index (χ1v) is 9.59. The van der Waals surface area contributed by atoms with E-state index in [4.69, 9.17) is 0 Å². The Labute approximate surface area is 170 Å². The molecule has 4 N–H and O–H groups in total. The number of nitrogens with zero attached hydrogens (tertiary/aromatic N) is 1. The van der Waals surface area contributed by atoms with Crippen molar-refractivity contribution in [3.8, 4) is 0 Å². The van der Waals surface area contributed by atoms with Crippen LogP contribution in [0, 0.1) is 17.2 Å². The number of carbonyl (C=O) groups is 3. The fraction of sp³-hybridized carbons (Fsp3) is 0.500. The number of hydrogen-bond acceptors (Lipinski definition) is 3. The van der Waals surface area contributed by atoms with Gasteiger partial charge in [-0.05, 0) is 36.0 Å². The van der Waals surface area contributed by atoms with Gasteiger partial charge in [0.05, 0.1) is 5.69 Å². The zero-order valence-corrected chi connectivity index (χ0v) is 17.5. The molecule has 28 heavy (non-hydrogen) atoms. The van der Waals surface area contributed by atoms with E-state index in [9.17, 15) is 23.9 Å². The van der Waals surface area contributed by atoms with Gasteiger partial charge in [0.25, 0.3) is 0 Å². The summed E-state index contributed by atoms with van der Waals surface area (Å²) in [4.78, 5) is 36.9. The largest absolute Gasteiger partial charge is 0.465 e. The Kier molecular flexibility index (Phi) is 6.87. The summed E-state index contributed by atoms with van der Waals surface area (Å²) >= 11 is 3.12. The molecule has 0 radical (unpaired) electrons. The maximum Gasteiger partial charge on any atom is 0.407 e. The van der Waals surface area contributed by atoms with Gasteiger partial charge in [-0.3, -0.25) is 10.2 Å². The van der Waals surface area contributed by atoms with Gasteiger partial charge in [0.1, 0.15) is 5.82 Å². The Morgan fingerprint density at radius 3 is 2.54 bits per heavy atom. The Bertz CT molecular complexity index is 768. The second kappa shape index (κ2) is 8.76. The number of carbonyl (C=O) groups excluding carboxylic acids is 2. The number of nitrogens with one attached hydrogen (secondary N) is 3. The van der Waals surface area contributed by atoms with E-state index in [1.807, 2.05) is 20.8 Å². The van der Waals surface area contributed by atoms with Crippen LogP contribution in [-0.4, -0.2) is 40.6 Å². The average molecular weight is 459 g/mol. The third-order valence-corrected chi connectivity index (χ3v) is 5.09. The van der Waals surface area contributed by atoms with Crippen LogP contribution in [-0.2, 0) is 4.79 Å². The van der Waals surface area contributed by atoms with Crippen molar-refractivity contribution in [1.29, 1.82) is 0 Å². The second-order valence-corrected chi connectivity index (χ2v) is 8.71. The minimum atomic E-state index is -1.00. The first kappa shape index (κ1) is 21.9. The van der Waals surface area contributed by atoms with Gasteiger partial charge in [-0.2, -0.15) is 0 Å². The van der Waals surface area contributed by atoms with Gasteiger partial charge < -0.3 is 15.3 Å². The van der Waals surface area contributed by atoms with E-state index in [1.165, 1.54) is 17.0 Å². The quantitative estimate of drug-likeness (QED) is 0.518. The molecule has 0 bridgehead atoms. The average Bonchev–Trinajstić information content (AvgIpc) is 3.00. The first-order valence-electron chi connectivity index (χ1n) is 8.79. The SMILES string of the molecule is CC(C)(C)C1[C@H](CC(=O)NNC(=O)Nc2ccc(Br)cc2F)CCN1C(=O)O. The minimum absolute atomic E-state index is 0.0318. The monoisotopic (exact) mass is 458 g/mol. The number of urea groups is 1. The zero-order chi connectivity index (χ0) is 21.1. The molecular formula is C18H24BrFN4O4. The van der Waals surface area contributed by atoms with Crippen molar-refractivity contribution >= 4 is 39.6 Å². The lowest BCUT2D eigenvalue weighted by molar-refractivity contribution is -0.123. The van der Waals surface area contributed by atoms with E-state index < -0.39 is 23.8 Å². The van der Waals surface area contributed by atoms with Crippen LogP contribution in [0.15, 0.2) is 22.7 Å². The fourth-order valence-electron chi connectivity index (χ4n) is 3.62. The molecule has 1 aliphatic heterocycles. The molecule has 0 aliphatic carbocycles. The summed E-state index contributed by atoms with van der Waals surface area (Å²) in [6.07, 6.45) is -0.367. The van der Waals surface area contributed by atoms with Crippen molar-refractivity contribution in [2.75, 3.05) is 11.9 Å². The standard InChI is InChI=1S/C18H24BrFN4O4/c1-18(2,3)15-10(6-7-24(15)17(27)28)8-14(25)22-23-16(26)21-13-5-4-11(19)9-12(13)20/h4-5,9-10,15H,6-8H2,1-3H3,(H,22,25)(H,27,28)(H2,21,23,26)/t10-,15?/m0/s1. The summed E-state index contributed by atoms with van der Waals surface area (Å²) in [6, 6.07) is 3.06. The molecule has 1 fully saturated rings. The van der Waals surface area contributed by atoms with Crippen LogP contribution in [0.25, 0.3) is 0 Å². The summed E-state index contributed by atoms with van der Waals surface area (Å²) in [5, 5.41) is 11.7.